The van der Waals surface area contributed by atoms with E-state index in [1.54, 1.807) is 26.0 Å². The summed E-state index contributed by atoms with van der Waals surface area (Å²) in [4.78, 5) is 25.2. The summed E-state index contributed by atoms with van der Waals surface area (Å²) in [6, 6.07) is 10.5. The van der Waals surface area contributed by atoms with Crippen LogP contribution in [0.1, 0.15) is 35.6 Å². The Balaban J connectivity index is 1.69. The standard InChI is InChI=1S/C22H18F3N3O4/c1-12-10-16(29)19(27-28(12)15-7-5-4-6-14(15)22(23,24)25)20(30)26-13-8-9-17-18(11-13)32-21(2,3)31-17/h4-11H,1-3H3,(H,26,30). The molecule has 1 amide bonds. The number of hydrogen-bond donors (Lipinski definition) is 1. The summed E-state index contributed by atoms with van der Waals surface area (Å²) in [5, 5.41) is 6.47. The van der Waals surface area contributed by atoms with Gasteiger partial charge >= 0.3 is 6.18 Å². The van der Waals surface area contributed by atoms with Crippen LogP contribution in [0, 0.1) is 6.92 Å². The molecule has 32 heavy (non-hydrogen) atoms. The number of nitrogens with one attached hydrogen (secondary N) is 1. The molecule has 0 fully saturated rings. The summed E-state index contributed by atoms with van der Waals surface area (Å²) < 4.78 is 52.5. The van der Waals surface area contributed by atoms with E-state index in [1.807, 2.05) is 0 Å². The van der Waals surface area contributed by atoms with Crippen LogP contribution in [0.3, 0.4) is 0 Å². The normalized spacial score (nSPS) is 14.3. The molecule has 1 aromatic heterocycles. The highest BCUT2D eigenvalue weighted by molar-refractivity contribution is 6.02. The van der Waals surface area contributed by atoms with Crippen molar-refractivity contribution >= 4 is 11.6 Å². The third-order valence-corrected chi connectivity index (χ3v) is 4.67. The minimum Gasteiger partial charge on any atom is -0.449 e. The minimum atomic E-state index is -4.64. The van der Waals surface area contributed by atoms with Gasteiger partial charge in [0.2, 0.25) is 11.2 Å². The Bertz CT molecular complexity index is 1280. The van der Waals surface area contributed by atoms with Crippen LogP contribution < -0.4 is 20.2 Å². The number of para-hydroxylation sites is 1. The molecule has 0 aliphatic carbocycles. The number of carbonyl (C=O) groups excluding carboxylic acids is 1. The topological polar surface area (TPSA) is 82.5 Å². The van der Waals surface area contributed by atoms with Crippen LogP contribution in [0.2, 0.25) is 0 Å². The molecule has 3 aromatic rings. The summed E-state index contributed by atoms with van der Waals surface area (Å²) in [5.41, 5.74) is -2.05. The van der Waals surface area contributed by atoms with Gasteiger partial charge in [-0.2, -0.15) is 18.3 Å². The van der Waals surface area contributed by atoms with Crippen molar-refractivity contribution in [1.29, 1.82) is 0 Å². The van der Waals surface area contributed by atoms with Gasteiger partial charge in [-0.25, -0.2) is 4.68 Å². The highest BCUT2D eigenvalue weighted by atomic mass is 19.4. The van der Waals surface area contributed by atoms with Crippen LogP contribution in [-0.4, -0.2) is 21.5 Å². The van der Waals surface area contributed by atoms with Crippen LogP contribution in [0.25, 0.3) is 5.69 Å². The Hall–Kier alpha value is -3.82. The van der Waals surface area contributed by atoms with Crippen molar-refractivity contribution in [2.75, 3.05) is 5.32 Å². The molecule has 0 bridgehead atoms. The van der Waals surface area contributed by atoms with Gasteiger partial charge in [-0.15, -0.1) is 0 Å². The first-order chi connectivity index (χ1) is 14.9. The molecule has 0 atom stereocenters. The number of alkyl halides is 3. The Kier molecular flexibility index (Phi) is 4.95. The van der Waals surface area contributed by atoms with Crippen molar-refractivity contribution in [3.8, 4) is 17.2 Å². The lowest BCUT2D eigenvalue weighted by atomic mass is 10.1. The fraction of sp³-hybridized carbons (Fsp3) is 0.227. The monoisotopic (exact) mass is 445 g/mol. The molecule has 1 N–H and O–H groups in total. The molecule has 166 valence electrons. The average Bonchev–Trinajstić information content (AvgIpc) is 3.00. The molecular formula is C22H18F3N3O4. The Morgan fingerprint density at radius 3 is 2.47 bits per heavy atom. The maximum Gasteiger partial charge on any atom is 0.418 e. The van der Waals surface area contributed by atoms with E-state index < -0.39 is 34.6 Å². The van der Waals surface area contributed by atoms with Gasteiger partial charge in [0.1, 0.15) is 0 Å². The number of nitrogens with zero attached hydrogens (tertiary/aromatic N) is 2. The largest absolute Gasteiger partial charge is 0.449 e. The van der Waals surface area contributed by atoms with Gasteiger partial charge in [0, 0.05) is 37.4 Å². The lowest BCUT2D eigenvalue weighted by molar-refractivity contribution is -0.137. The highest BCUT2D eigenvalue weighted by Gasteiger charge is 2.34. The fourth-order valence-electron chi connectivity index (χ4n) is 3.34. The van der Waals surface area contributed by atoms with E-state index in [0.717, 1.165) is 16.8 Å². The molecule has 2 aromatic carbocycles. The van der Waals surface area contributed by atoms with Crippen molar-refractivity contribution < 1.29 is 27.4 Å². The quantitative estimate of drug-likeness (QED) is 0.649. The summed E-state index contributed by atoms with van der Waals surface area (Å²) in [6.45, 7) is 4.88. The molecule has 7 nitrogen and oxygen atoms in total. The summed E-state index contributed by atoms with van der Waals surface area (Å²) in [7, 11) is 0. The SMILES string of the molecule is Cc1cc(=O)c(C(=O)Nc2ccc3c(c2)OC(C)(C)O3)nn1-c1ccccc1C(F)(F)F. The fourth-order valence-corrected chi connectivity index (χ4v) is 3.34. The molecule has 2 heterocycles. The number of aromatic nitrogens is 2. The number of ether oxygens (including phenoxy) is 2. The molecule has 4 rings (SSSR count). The van der Waals surface area contributed by atoms with Gasteiger partial charge < -0.3 is 14.8 Å². The number of amides is 1. The number of fused-ring (bicyclic) bond motifs is 1. The predicted molar refractivity (Wildman–Crippen MR) is 109 cm³/mol. The molecule has 0 spiro atoms. The predicted octanol–water partition coefficient (Wildman–Crippen LogP) is 4.32. The first-order valence-electron chi connectivity index (χ1n) is 9.56. The third kappa shape index (κ3) is 4.03. The van der Waals surface area contributed by atoms with Gasteiger partial charge in [0.15, 0.2) is 17.2 Å². The van der Waals surface area contributed by atoms with E-state index in [2.05, 4.69) is 10.4 Å². The van der Waals surface area contributed by atoms with E-state index in [-0.39, 0.29) is 11.4 Å². The Morgan fingerprint density at radius 1 is 1.06 bits per heavy atom. The van der Waals surface area contributed by atoms with Gasteiger partial charge in [-0.3, -0.25) is 9.59 Å². The molecular weight excluding hydrogens is 427 g/mol. The molecule has 1 aliphatic rings. The van der Waals surface area contributed by atoms with Crippen LogP contribution in [0.5, 0.6) is 11.5 Å². The van der Waals surface area contributed by atoms with Crippen molar-refractivity contribution in [2.24, 2.45) is 0 Å². The Morgan fingerprint density at radius 2 is 1.75 bits per heavy atom. The van der Waals surface area contributed by atoms with E-state index in [9.17, 15) is 22.8 Å². The summed E-state index contributed by atoms with van der Waals surface area (Å²) in [6.07, 6.45) is -4.64. The lowest BCUT2D eigenvalue weighted by Crippen LogP contribution is -2.29. The van der Waals surface area contributed by atoms with E-state index in [0.29, 0.717) is 17.2 Å². The number of halogens is 3. The second kappa shape index (κ2) is 7.40. The first-order valence-corrected chi connectivity index (χ1v) is 9.56. The molecule has 10 heteroatoms. The number of carbonyl (C=O) groups is 1. The number of anilines is 1. The second-order valence-electron chi connectivity index (χ2n) is 7.64. The van der Waals surface area contributed by atoms with Gasteiger partial charge in [0.25, 0.3) is 5.91 Å². The first kappa shape index (κ1) is 21.4. The maximum atomic E-state index is 13.5. The van der Waals surface area contributed by atoms with Crippen LogP contribution >= 0.6 is 0 Å². The maximum absolute atomic E-state index is 13.5. The van der Waals surface area contributed by atoms with Crippen molar-refractivity contribution in [2.45, 2.75) is 32.7 Å². The zero-order valence-corrected chi connectivity index (χ0v) is 17.3. The van der Waals surface area contributed by atoms with Gasteiger partial charge in [0.05, 0.1) is 11.3 Å². The van der Waals surface area contributed by atoms with Crippen LogP contribution in [-0.2, 0) is 6.18 Å². The number of hydrogen-bond acceptors (Lipinski definition) is 5. The minimum absolute atomic E-state index is 0.147. The molecule has 0 saturated carbocycles. The highest BCUT2D eigenvalue weighted by Crippen LogP contribution is 2.40. The van der Waals surface area contributed by atoms with E-state index in [4.69, 9.17) is 9.47 Å². The smallest absolute Gasteiger partial charge is 0.418 e. The molecule has 0 radical (unpaired) electrons. The molecule has 0 saturated heterocycles. The van der Waals surface area contributed by atoms with Crippen molar-refractivity contribution in [3.05, 3.63) is 75.7 Å². The van der Waals surface area contributed by atoms with Crippen LogP contribution in [0.15, 0.2) is 53.3 Å². The van der Waals surface area contributed by atoms with Crippen molar-refractivity contribution in [1.82, 2.24) is 9.78 Å². The van der Waals surface area contributed by atoms with E-state index in [1.165, 1.54) is 31.2 Å². The van der Waals surface area contributed by atoms with Crippen LogP contribution in [0.4, 0.5) is 18.9 Å². The zero-order valence-electron chi connectivity index (χ0n) is 17.3. The summed E-state index contributed by atoms with van der Waals surface area (Å²) >= 11 is 0. The Labute approximate surface area is 180 Å². The van der Waals surface area contributed by atoms with Gasteiger partial charge in [-0.1, -0.05) is 12.1 Å². The third-order valence-electron chi connectivity index (χ3n) is 4.67. The van der Waals surface area contributed by atoms with Gasteiger partial charge in [-0.05, 0) is 31.2 Å². The number of rotatable bonds is 3. The molecule has 0 unspecified atom stereocenters. The lowest BCUT2D eigenvalue weighted by Gasteiger charge is -2.16. The summed E-state index contributed by atoms with van der Waals surface area (Å²) in [5.74, 6) is -0.830. The number of benzene rings is 2. The second-order valence-corrected chi connectivity index (χ2v) is 7.64. The van der Waals surface area contributed by atoms with Crippen molar-refractivity contribution in [3.63, 3.8) is 0 Å². The molecule has 1 aliphatic heterocycles. The average molecular weight is 445 g/mol. The number of aryl methyl sites for hydroxylation is 1. The zero-order chi connectivity index (χ0) is 23.3. The van der Waals surface area contributed by atoms with E-state index >= 15 is 0 Å².